The summed E-state index contributed by atoms with van der Waals surface area (Å²) in [6, 6.07) is 0. The molecule has 18 heavy (non-hydrogen) atoms. The van der Waals surface area contributed by atoms with Gasteiger partial charge in [-0.15, -0.1) is 0 Å². The highest BCUT2D eigenvalue weighted by Gasteiger charge is 1.82. The highest BCUT2D eigenvalue weighted by Crippen LogP contribution is 2.19. The van der Waals surface area contributed by atoms with Gasteiger partial charge in [-0.05, 0) is 41.8 Å². The molecule has 0 amide bonds. The maximum absolute atomic E-state index is 4.68. The molecule has 0 rings (SSSR count). The molecule has 96 valence electrons. The van der Waals surface area contributed by atoms with Crippen LogP contribution in [0.15, 0.2) is 72.0 Å². The van der Waals surface area contributed by atoms with Crippen LogP contribution in [0, 0.1) is 0 Å². The largest absolute Gasteiger partial charge is 0.303 e. The first kappa shape index (κ1) is 14.9. The molecule has 0 aliphatic carbocycles. The Balaban J connectivity index is 4.91. The highest BCUT2D eigenvalue weighted by molar-refractivity contribution is 7.34. The van der Waals surface area contributed by atoms with Crippen molar-refractivity contribution in [2.24, 2.45) is 89.6 Å². The van der Waals surface area contributed by atoms with Gasteiger partial charge in [-0.1, -0.05) is 30.3 Å². The van der Waals surface area contributed by atoms with E-state index in [1.54, 1.807) is 0 Å². The normalized spacial score (nSPS) is 14.8. The lowest BCUT2D eigenvalue weighted by atomic mass is 12.5. The summed E-state index contributed by atoms with van der Waals surface area (Å²) in [6.45, 7) is 0. The molecule has 0 atom stereocenters. The van der Waals surface area contributed by atoms with Crippen molar-refractivity contribution < 1.29 is 0 Å². The first-order chi connectivity index (χ1) is 8.85. The van der Waals surface area contributed by atoms with Crippen molar-refractivity contribution in [2.45, 2.75) is 0 Å². The zero-order valence-electron chi connectivity index (χ0n) is 8.44. The van der Waals surface area contributed by atoms with Crippen LogP contribution in [0.25, 0.3) is 0 Å². The number of nitrogens with two attached hydrogens (primary N) is 3. The van der Waals surface area contributed by atoms with E-state index in [9.17, 15) is 0 Å². The van der Waals surface area contributed by atoms with E-state index < -0.39 is 7.66 Å². The van der Waals surface area contributed by atoms with Gasteiger partial charge in [0.05, 0.1) is 0 Å². The number of nitrogens with zero attached hydrogens (tertiary/aromatic N) is 14. The van der Waals surface area contributed by atoms with Gasteiger partial charge in [-0.25, -0.2) is 0 Å². The second-order valence-corrected chi connectivity index (χ2v) is 2.67. The molecule has 0 aromatic carbocycles. The molecule has 0 radical (unpaired) electrons. The van der Waals surface area contributed by atoms with Crippen molar-refractivity contribution in [2.75, 3.05) is 0 Å². The number of rotatable bonds is 6. The average Bonchev–Trinajstić information content (AvgIpc) is 2.39. The van der Waals surface area contributed by atoms with E-state index >= 15 is 0 Å². The van der Waals surface area contributed by atoms with E-state index in [1.807, 2.05) is 0 Å². The van der Waals surface area contributed by atoms with E-state index in [2.05, 4.69) is 89.6 Å². The molecule has 0 aromatic rings. The fourth-order valence-electron chi connectivity index (χ4n) is 0.320. The van der Waals surface area contributed by atoms with Crippen molar-refractivity contribution in [3.63, 3.8) is 0 Å². The van der Waals surface area contributed by atoms with E-state index in [1.165, 1.54) is 0 Å². The summed E-state index contributed by atoms with van der Waals surface area (Å²) in [5, 5.41) is 32.8. The monoisotopic (exact) mass is 275 g/mol. The van der Waals surface area contributed by atoms with Crippen LogP contribution in [0.2, 0.25) is 0 Å². The van der Waals surface area contributed by atoms with E-state index in [0.717, 1.165) is 0 Å². The van der Waals surface area contributed by atoms with E-state index in [-0.39, 0.29) is 0 Å². The minimum absolute atomic E-state index is 1.91. The summed E-state index contributed by atoms with van der Waals surface area (Å²) in [7, 11) is -1.91. The average molecular weight is 275 g/mol. The summed E-state index contributed by atoms with van der Waals surface area (Å²) in [5.41, 5.74) is 0. The summed E-state index contributed by atoms with van der Waals surface area (Å²) < 4.78 is 0. The minimum atomic E-state index is -1.91. The van der Waals surface area contributed by atoms with E-state index in [0.29, 0.717) is 0 Å². The summed E-state index contributed by atoms with van der Waals surface area (Å²) in [6.07, 6.45) is 0. The van der Waals surface area contributed by atoms with Crippen LogP contribution < -0.4 is 17.5 Å². The van der Waals surface area contributed by atoms with Crippen LogP contribution in [0.4, 0.5) is 0 Å². The van der Waals surface area contributed by atoms with Gasteiger partial charge < -0.3 is 17.5 Å². The molecule has 0 spiro atoms. The van der Waals surface area contributed by atoms with Gasteiger partial charge in [-0.2, -0.15) is 0 Å². The second-order valence-electron chi connectivity index (χ2n) is 1.60. The molecule has 6 N–H and O–H groups in total. The molecule has 0 aliphatic rings. The van der Waals surface area contributed by atoms with Gasteiger partial charge in [0.1, 0.15) is 0 Å². The minimum Gasteiger partial charge on any atom is -0.303 e. The predicted octanol–water partition coefficient (Wildman–Crippen LogP) is 1.66. The Morgan fingerprint density at radius 3 is 1.39 bits per heavy atom. The zero-order chi connectivity index (χ0) is 13.5. The Hall–Kier alpha value is -3.10. The lowest BCUT2D eigenvalue weighted by Crippen LogP contribution is -1.70. The zero-order valence-corrected chi connectivity index (χ0v) is 9.33. The molecule has 0 aliphatic heterocycles. The van der Waals surface area contributed by atoms with Gasteiger partial charge >= 0.3 is 0 Å². The summed E-state index contributed by atoms with van der Waals surface area (Å²) in [4.78, 5) is 10.2. The molecule has 0 aromatic heterocycles. The van der Waals surface area contributed by atoms with Gasteiger partial charge in [-0.3, -0.25) is 0 Å². The van der Waals surface area contributed by atoms with Crippen LogP contribution in [0.5, 0.6) is 0 Å². The third kappa shape index (κ3) is 9.45. The Bertz CT molecular complexity index is 416. The Kier molecular flexibility index (Phi) is 9.91. The summed E-state index contributed by atoms with van der Waals surface area (Å²) in [5.74, 6) is 14.0. The topological polar surface area (TPSA) is 251 Å². The lowest BCUT2D eigenvalue weighted by molar-refractivity contribution is 0.848. The van der Waals surface area contributed by atoms with Gasteiger partial charge in [0.15, 0.2) is 0 Å². The highest BCUT2D eigenvalue weighted by atomic mass is 31.1. The molecule has 0 heterocycles. The van der Waals surface area contributed by atoms with Gasteiger partial charge in [0, 0.05) is 0 Å². The predicted molar refractivity (Wildman–Crippen MR) is 53.5 cm³/mol. The second kappa shape index (κ2) is 12.0. The third-order valence-electron chi connectivity index (χ3n) is 0.715. The first-order valence-electron chi connectivity index (χ1n) is 3.57. The molecule has 17 nitrogen and oxygen atoms in total. The number of hydrogen-bond donors (Lipinski definition) is 3. The molecule has 0 unspecified atom stereocenters. The Labute approximate surface area is 98.2 Å². The van der Waals surface area contributed by atoms with Crippen LogP contribution in [0.3, 0.4) is 0 Å². The quantitative estimate of drug-likeness (QED) is 0.283. The first-order valence-corrected chi connectivity index (χ1v) is 4.77. The van der Waals surface area contributed by atoms with Crippen LogP contribution >= 0.6 is 7.66 Å². The lowest BCUT2D eigenvalue weighted by Gasteiger charge is -1.76. The SMILES string of the molecule is N/N=N/N=N/N=P(=N\N=N\N=N\N)\N=N\N=N\N. The number of hydrogen-bond acceptors (Lipinski definition) is 3. The van der Waals surface area contributed by atoms with Crippen molar-refractivity contribution >= 4 is 7.66 Å². The standard InChI is InChI=1S/H6N17P/c1-4-7-10-13-16-18(15-12-9-6-3)17-14-11-8-5-2/h(H2,1,7,13)(H2,2,8,14)(H2,3,4,5,9,10,11,15,16,17). The van der Waals surface area contributed by atoms with Crippen LogP contribution in [-0.4, -0.2) is 0 Å². The van der Waals surface area contributed by atoms with Crippen molar-refractivity contribution in [1.82, 2.24) is 0 Å². The smallest absolute Gasteiger partial charge is 0.261 e. The molecule has 0 saturated heterocycles. The molecule has 0 saturated carbocycles. The van der Waals surface area contributed by atoms with Gasteiger partial charge in [0.25, 0.3) is 7.66 Å². The Morgan fingerprint density at radius 2 is 0.944 bits per heavy atom. The molecule has 0 fully saturated rings. The van der Waals surface area contributed by atoms with Crippen LogP contribution in [0.1, 0.15) is 0 Å². The molecular formula is H6N17P. The molecule has 18 heteroatoms. The fourth-order valence-corrected chi connectivity index (χ4v) is 0.749. The Morgan fingerprint density at radius 1 is 0.500 bits per heavy atom. The molecule has 0 bridgehead atoms. The van der Waals surface area contributed by atoms with Gasteiger partial charge in [0.2, 0.25) is 0 Å². The molecular weight excluding hydrogens is 269 g/mol. The maximum Gasteiger partial charge on any atom is 0.261 e. The maximum atomic E-state index is 4.68. The van der Waals surface area contributed by atoms with E-state index in [4.69, 9.17) is 0 Å². The van der Waals surface area contributed by atoms with Crippen molar-refractivity contribution in [3.8, 4) is 0 Å². The summed E-state index contributed by atoms with van der Waals surface area (Å²) >= 11 is 0. The third-order valence-corrected chi connectivity index (χ3v) is 1.43. The van der Waals surface area contributed by atoms with Crippen LogP contribution in [-0.2, 0) is 0 Å². The fraction of sp³-hybridized carbons (Fsp3) is 0. The van der Waals surface area contributed by atoms with Crippen molar-refractivity contribution in [1.29, 1.82) is 0 Å². The van der Waals surface area contributed by atoms with Crippen molar-refractivity contribution in [3.05, 3.63) is 0 Å².